The monoisotopic (exact) mass is 374 g/mol. The van der Waals surface area contributed by atoms with Gasteiger partial charge in [-0.15, -0.1) is 0 Å². The van der Waals surface area contributed by atoms with Gasteiger partial charge in [0.1, 0.15) is 0 Å². The van der Waals surface area contributed by atoms with Crippen LogP contribution in [0, 0.1) is 0 Å². The van der Waals surface area contributed by atoms with E-state index in [2.05, 4.69) is 16.2 Å². The van der Waals surface area contributed by atoms with Crippen LogP contribution in [0.1, 0.15) is 18.1 Å². The predicted octanol–water partition coefficient (Wildman–Crippen LogP) is -0.221. The van der Waals surface area contributed by atoms with Gasteiger partial charge in [-0.1, -0.05) is 0 Å². The molecular formula is C12H13AsNO6S. The first-order valence-corrected chi connectivity index (χ1v) is 9.55. The van der Waals surface area contributed by atoms with Crippen molar-refractivity contribution in [3.05, 3.63) is 17.2 Å². The fraction of sp³-hybridized carbons (Fsp3) is 0.250. The number of nitrogens with one attached hydrogen (secondary N) is 1. The Labute approximate surface area is 131 Å². The molecule has 7 nitrogen and oxygen atoms in total. The second-order valence-corrected chi connectivity index (χ2v) is 6.65. The van der Waals surface area contributed by atoms with Crippen LogP contribution in [0.5, 0.6) is 5.75 Å². The summed E-state index contributed by atoms with van der Waals surface area (Å²) in [5.74, 6) is -3.08. The number of hydrogen-bond donors (Lipinski definition) is 5. The quantitative estimate of drug-likeness (QED) is 0.347. The zero-order chi connectivity index (χ0) is 16.2. The van der Waals surface area contributed by atoms with E-state index in [1.54, 1.807) is 0 Å². The van der Waals surface area contributed by atoms with E-state index in [1.165, 1.54) is 13.0 Å². The molecule has 1 aromatic carbocycles. The number of carboxylic acids is 2. The molecule has 0 aliphatic heterocycles. The molecule has 1 amide bonds. The number of carbonyl (C=O) groups excluding carboxylic acids is 1. The molecule has 0 spiro atoms. The van der Waals surface area contributed by atoms with Crippen LogP contribution in [0.2, 0.25) is 0 Å². The summed E-state index contributed by atoms with van der Waals surface area (Å²) in [5.41, 5.74) is 0.276. The molecule has 0 saturated heterocycles. The van der Waals surface area contributed by atoms with Crippen LogP contribution in [0.3, 0.4) is 0 Å². The molecule has 0 aliphatic carbocycles. The van der Waals surface area contributed by atoms with Crippen LogP contribution in [0.15, 0.2) is 6.07 Å². The number of benzene rings is 1. The Morgan fingerprint density at radius 1 is 1.24 bits per heavy atom. The molecule has 0 bridgehead atoms. The Morgan fingerprint density at radius 3 is 2.24 bits per heavy atom. The minimum atomic E-state index is -1.20. The summed E-state index contributed by atoms with van der Waals surface area (Å²) in [7, 11) is 4.11. The summed E-state index contributed by atoms with van der Waals surface area (Å²) in [5, 5.41) is 30.4. The first kappa shape index (κ1) is 17.4. The molecule has 0 heterocycles. The fourth-order valence-corrected chi connectivity index (χ4v) is 3.53. The molecule has 21 heavy (non-hydrogen) atoms. The van der Waals surface area contributed by atoms with Crippen LogP contribution >= 0.6 is 10.9 Å². The first-order valence-electron chi connectivity index (χ1n) is 5.70. The van der Waals surface area contributed by atoms with Gasteiger partial charge in [0.05, 0.1) is 0 Å². The second kappa shape index (κ2) is 7.38. The second-order valence-electron chi connectivity index (χ2n) is 4.18. The van der Waals surface area contributed by atoms with Gasteiger partial charge in [0.2, 0.25) is 0 Å². The minimum absolute atomic E-state index is 0.00388. The van der Waals surface area contributed by atoms with E-state index in [0.29, 0.717) is 4.35 Å². The van der Waals surface area contributed by atoms with Crippen molar-refractivity contribution in [1.29, 1.82) is 0 Å². The molecule has 9 heteroatoms. The van der Waals surface area contributed by atoms with Crippen LogP contribution in [-0.4, -0.2) is 47.8 Å². The van der Waals surface area contributed by atoms with Gasteiger partial charge >= 0.3 is 131 Å². The van der Waals surface area contributed by atoms with Gasteiger partial charge in [0, 0.05) is 0 Å². The fourth-order valence-electron chi connectivity index (χ4n) is 1.81. The molecule has 1 aromatic rings. The summed E-state index contributed by atoms with van der Waals surface area (Å²) in [6.45, 7) is 1.21. The Bertz CT molecular complexity index is 604. The Hall–Kier alpha value is -1.66. The maximum absolute atomic E-state index is 11.3. The molecule has 0 saturated carbocycles. The molecule has 0 fully saturated rings. The number of phenols is 1. The van der Waals surface area contributed by atoms with E-state index < -0.39 is 45.3 Å². The number of hydrogen-bond acceptors (Lipinski definition) is 5. The average molecular weight is 374 g/mol. The van der Waals surface area contributed by atoms with E-state index in [9.17, 15) is 19.5 Å². The number of aromatic hydroxyl groups is 1. The number of anilines is 1. The van der Waals surface area contributed by atoms with Gasteiger partial charge in [-0.25, -0.2) is 0 Å². The summed E-state index contributed by atoms with van der Waals surface area (Å²) in [6, 6.07) is 1.44. The molecule has 113 valence electrons. The maximum atomic E-state index is 11.3. The van der Waals surface area contributed by atoms with E-state index in [0.717, 1.165) is 0 Å². The van der Waals surface area contributed by atoms with E-state index in [1.807, 2.05) is 0 Å². The average Bonchev–Trinajstić information content (AvgIpc) is 2.35. The van der Waals surface area contributed by atoms with E-state index in [-0.39, 0.29) is 22.6 Å². The molecule has 4 N–H and O–H groups in total. The van der Waals surface area contributed by atoms with Crippen molar-refractivity contribution in [3.63, 3.8) is 0 Å². The normalized spacial score (nSPS) is 10.8. The van der Waals surface area contributed by atoms with Crippen molar-refractivity contribution in [2.75, 3.05) is 5.32 Å². The summed E-state index contributed by atoms with van der Waals surface area (Å²) < 4.78 is 0.399. The zero-order valence-corrected chi connectivity index (χ0v) is 13.7. The number of thiol groups is 1. The van der Waals surface area contributed by atoms with Crippen molar-refractivity contribution in [2.24, 2.45) is 0 Å². The standard InChI is InChI=1S/C12H13AsNO6S/c1-5(15)14-11-6(3-9(16)17)2-8(13-21)12(20)7(11)4-10(18)19/h2,20-21H,3-4H2,1H3,(H,14,15)(H,16,17)(H,18,19). The number of aliphatic carboxylic acids is 2. The van der Waals surface area contributed by atoms with Crippen LogP contribution in [-0.2, 0) is 27.2 Å². The number of rotatable bonds is 6. The Balaban J connectivity index is 3.55. The third-order valence-corrected chi connectivity index (χ3v) is 4.83. The molecule has 1 radical (unpaired) electrons. The van der Waals surface area contributed by atoms with Gasteiger partial charge < -0.3 is 0 Å². The van der Waals surface area contributed by atoms with Crippen molar-refractivity contribution in [1.82, 2.24) is 0 Å². The third kappa shape index (κ3) is 4.68. The van der Waals surface area contributed by atoms with Crippen molar-refractivity contribution < 1.29 is 29.7 Å². The van der Waals surface area contributed by atoms with Crippen molar-refractivity contribution >= 4 is 53.4 Å². The summed E-state index contributed by atoms with van der Waals surface area (Å²) >= 11 is -0.740. The number of amides is 1. The predicted molar refractivity (Wildman–Crippen MR) is 79.5 cm³/mol. The molecule has 1 rings (SSSR count). The topological polar surface area (TPSA) is 124 Å². The van der Waals surface area contributed by atoms with Crippen LogP contribution in [0.4, 0.5) is 5.69 Å². The number of carbonyl (C=O) groups is 3. The van der Waals surface area contributed by atoms with E-state index >= 15 is 0 Å². The molecule has 0 unspecified atom stereocenters. The van der Waals surface area contributed by atoms with Gasteiger partial charge in [-0.05, 0) is 0 Å². The Morgan fingerprint density at radius 2 is 1.81 bits per heavy atom. The first-order chi connectivity index (χ1) is 9.76. The number of carboxylic acid groups (broad SMARTS) is 2. The summed E-state index contributed by atoms with van der Waals surface area (Å²) in [4.78, 5) is 33.1. The van der Waals surface area contributed by atoms with Crippen molar-refractivity contribution in [3.8, 4) is 5.75 Å². The van der Waals surface area contributed by atoms with Gasteiger partial charge in [0.25, 0.3) is 0 Å². The van der Waals surface area contributed by atoms with Crippen LogP contribution in [0.25, 0.3) is 0 Å². The molecule has 0 aromatic heterocycles. The van der Waals surface area contributed by atoms with Gasteiger partial charge in [-0.2, -0.15) is 0 Å². The Kier molecular flexibility index (Phi) is 6.11. The molecule has 0 atom stereocenters. The summed E-state index contributed by atoms with van der Waals surface area (Å²) in [6.07, 6.45) is -0.929. The van der Waals surface area contributed by atoms with Gasteiger partial charge in [0.15, 0.2) is 0 Å². The van der Waals surface area contributed by atoms with Crippen LogP contribution < -0.4 is 9.67 Å². The SMILES string of the molecule is CC(=O)Nc1c(CC(=O)O)cc([As]S)c(O)c1CC(=O)O. The molecular weight excluding hydrogens is 361 g/mol. The van der Waals surface area contributed by atoms with Gasteiger partial charge in [-0.3, -0.25) is 0 Å². The zero-order valence-electron chi connectivity index (χ0n) is 11.0. The molecule has 0 aliphatic rings. The number of phenolic OH excluding ortho intramolecular Hbond substituents is 1. The van der Waals surface area contributed by atoms with E-state index in [4.69, 9.17) is 10.2 Å². The van der Waals surface area contributed by atoms with Crippen molar-refractivity contribution in [2.45, 2.75) is 19.8 Å². The third-order valence-electron chi connectivity index (χ3n) is 2.54.